The molecule has 1 N–H and O–H groups in total. The number of thioether (sulfide) groups is 1. The van der Waals surface area contributed by atoms with Gasteiger partial charge >= 0.3 is 6.18 Å². The van der Waals surface area contributed by atoms with Gasteiger partial charge in [-0.05, 0) is 47.9 Å². The van der Waals surface area contributed by atoms with Gasteiger partial charge in [0.25, 0.3) is 5.91 Å². The van der Waals surface area contributed by atoms with Crippen LogP contribution in [0.25, 0.3) is 0 Å². The molecular weight excluding hydrogens is 523 g/mol. The number of hydrogen-bond acceptors (Lipinski definition) is 7. The first-order chi connectivity index (χ1) is 18.0. The number of methoxy groups -OCH3 is 2. The number of rotatable bonds is 4. The first-order valence-electron chi connectivity index (χ1n) is 11.6. The second kappa shape index (κ2) is 9.50. The van der Waals surface area contributed by atoms with Crippen molar-refractivity contribution in [2.75, 3.05) is 25.9 Å². The van der Waals surface area contributed by atoms with Gasteiger partial charge in [-0.15, -0.1) is 11.8 Å². The van der Waals surface area contributed by atoms with Crippen LogP contribution >= 0.6 is 11.8 Å². The summed E-state index contributed by atoms with van der Waals surface area (Å²) in [4.78, 5) is 27.0. The summed E-state index contributed by atoms with van der Waals surface area (Å²) in [6, 6.07) is 9.14. The van der Waals surface area contributed by atoms with E-state index in [1.807, 2.05) is 24.3 Å². The lowest BCUT2D eigenvalue weighted by Gasteiger charge is -2.46. The average Bonchev–Trinajstić information content (AvgIpc) is 3.05. The fourth-order valence-corrected chi connectivity index (χ4v) is 5.88. The first-order valence-corrected chi connectivity index (χ1v) is 12.6. The lowest BCUT2D eigenvalue weighted by molar-refractivity contribution is -0.173. The molecule has 38 heavy (non-hydrogen) atoms. The Morgan fingerprint density at radius 3 is 2.34 bits per heavy atom. The van der Waals surface area contributed by atoms with E-state index in [-0.39, 0.29) is 0 Å². The van der Waals surface area contributed by atoms with E-state index in [0.717, 1.165) is 34.6 Å². The summed E-state index contributed by atoms with van der Waals surface area (Å²) in [7, 11) is 3.09. The third-order valence-electron chi connectivity index (χ3n) is 6.87. The van der Waals surface area contributed by atoms with Crippen LogP contribution in [0.3, 0.4) is 0 Å². The highest BCUT2D eigenvalue weighted by Gasteiger charge is 2.47. The van der Waals surface area contributed by atoms with Crippen molar-refractivity contribution >= 4 is 17.7 Å². The number of hydrogen-bond donors (Lipinski definition) is 1. The van der Waals surface area contributed by atoms with E-state index in [2.05, 4.69) is 0 Å². The van der Waals surface area contributed by atoms with E-state index < -0.39 is 47.7 Å². The van der Waals surface area contributed by atoms with Gasteiger partial charge in [0.05, 0.1) is 20.3 Å². The van der Waals surface area contributed by atoms with Gasteiger partial charge in [-0.25, -0.2) is 0 Å². The van der Waals surface area contributed by atoms with Gasteiger partial charge < -0.3 is 19.5 Å². The highest BCUT2D eigenvalue weighted by Crippen LogP contribution is 2.45. The Labute approximate surface area is 220 Å². The summed E-state index contributed by atoms with van der Waals surface area (Å²) < 4.78 is 53.7. The van der Waals surface area contributed by atoms with Gasteiger partial charge in [0.1, 0.15) is 24.2 Å². The molecule has 2 atom stereocenters. The van der Waals surface area contributed by atoms with Crippen molar-refractivity contribution in [2.45, 2.75) is 35.8 Å². The molecule has 2 aliphatic rings. The molecule has 0 bridgehead atoms. The lowest BCUT2D eigenvalue weighted by Crippen LogP contribution is -2.60. The molecule has 1 unspecified atom stereocenters. The van der Waals surface area contributed by atoms with Crippen molar-refractivity contribution in [2.24, 2.45) is 0 Å². The van der Waals surface area contributed by atoms with Crippen LogP contribution in [-0.4, -0.2) is 53.7 Å². The van der Waals surface area contributed by atoms with E-state index in [1.54, 1.807) is 31.4 Å². The number of aromatic hydroxyl groups is 1. The van der Waals surface area contributed by atoms with Crippen molar-refractivity contribution in [3.05, 3.63) is 81.3 Å². The number of nitrogens with zero attached hydrogens (tertiary/aromatic N) is 3. The molecule has 200 valence electrons. The Morgan fingerprint density at radius 2 is 1.68 bits per heavy atom. The Morgan fingerprint density at radius 1 is 1.03 bits per heavy atom. The molecule has 5 rings (SSSR count). The van der Waals surface area contributed by atoms with Crippen LogP contribution in [0.1, 0.15) is 40.1 Å². The molecule has 8 nitrogen and oxygen atoms in total. The molecule has 0 aliphatic carbocycles. The third-order valence-corrected chi connectivity index (χ3v) is 7.99. The number of benzene rings is 2. The number of pyridine rings is 1. The molecule has 12 heteroatoms. The van der Waals surface area contributed by atoms with Crippen LogP contribution in [0.15, 0.2) is 58.4 Å². The van der Waals surface area contributed by atoms with Crippen molar-refractivity contribution in [1.82, 2.24) is 9.58 Å². The Kier molecular flexibility index (Phi) is 6.46. The molecule has 0 saturated carbocycles. The first kappa shape index (κ1) is 25.8. The maximum atomic E-state index is 13.9. The number of ether oxygens (including phenoxy) is 2. The zero-order chi connectivity index (χ0) is 27.4. The van der Waals surface area contributed by atoms with Crippen LogP contribution < -0.4 is 19.9 Å². The minimum atomic E-state index is -4.73. The van der Waals surface area contributed by atoms with Gasteiger partial charge in [0.2, 0.25) is 5.43 Å². The molecule has 0 radical (unpaired) electrons. The smallest absolute Gasteiger partial charge is 0.408 e. The number of aromatic nitrogens is 1. The van der Waals surface area contributed by atoms with Crippen molar-refractivity contribution in [3.8, 4) is 17.2 Å². The Balaban J connectivity index is 1.78. The second-order valence-electron chi connectivity index (χ2n) is 8.95. The average molecular weight is 548 g/mol. The number of fused-ring (bicyclic) bond motifs is 3. The third kappa shape index (κ3) is 4.22. The zero-order valence-corrected chi connectivity index (χ0v) is 21.5. The highest BCUT2D eigenvalue weighted by atomic mass is 32.2. The molecular formula is C26H24F3N3O5S. The van der Waals surface area contributed by atoms with E-state index in [0.29, 0.717) is 22.2 Å². The van der Waals surface area contributed by atoms with Gasteiger partial charge in [-0.3, -0.25) is 19.3 Å². The highest BCUT2D eigenvalue weighted by molar-refractivity contribution is 7.98. The standard InChI is InChI=1S/C26H24F3N3O5S/c1-14(26(27,28)29)30-13-32(31-9-8-20(33)24(34)23(31)25(30)35)22-18-6-4-16(36-2)10-15(18)12-38-21-11-17(37-3)5-7-19(21)22/h4-11,14,22,34H,12-13H2,1-3H3/t14-,22?/m1/s1. The Bertz CT molecular complexity index is 1420. The molecule has 3 aromatic rings. The predicted molar refractivity (Wildman–Crippen MR) is 135 cm³/mol. The van der Waals surface area contributed by atoms with E-state index in [9.17, 15) is 27.9 Å². The normalized spacial score (nSPS) is 17.7. The summed E-state index contributed by atoms with van der Waals surface area (Å²) >= 11 is 1.54. The molecule has 2 aromatic carbocycles. The molecule has 3 heterocycles. The van der Waals surface area contributed by atoms with Crippen LogP contribution in [0, 0.1) is 0 Å². The summed E-state index contributed by atoms with van der Waals surface area (Å²) in [5, 5.41) is 12.1. The minimum absolute atomic E-state index is 0.457. The van der Waals surface area contributed by atoms with E-state index in [1.165, 1.54) is 22.6 Å². The molecule has 2 aliphatic heterocycles. The monoisotopic (exact) mass is 547 g/mol. The predicted octanol–water partition coefficient (Wildman–Crippen LogP) is 4.27. The Hall–Kier alpha value is -3.80. The van der Waals surface area contributed by atoms with Crippen molar-refractivity contribution in [3.63, 3.8) is 0 Å². The number of amides is 1. The molecule has 1 amide bonds. The van der Waals surface area contributed by atoms with Crippen molar-refractivity contribution < 1.29 is 32.5 Å². The second-order valence-corrected chi connectivity index (χ2v) is 9.97. The summed E-state index contributed by atoms with van der Waals surface area (Å²) in [6.45, 7) is 0.422. The quantitative estimate of drug-likeness (QED) is 0.523. The topological polar surface area (TPSA) is 84.2 Å². The minimum Gasteiger partial charge on any atom is -0.502 e. The number of alkyl halides is 3. The maximum Gasteiger partial charge on any atom is 0.408 e. The van der Waals surface area contributed by atoms with E-state index >= 15 is 0 Å². The van der Waals surface area contributed by atoms with Crippen LogP contribution in [0.5, 0.6) is 17.2 Å². The fraction of sp³-hybridized carbons (Fsp3) is 0.308. The van der Waals surface area contributed by atoms with Crippen LogP contribution in [0.4, 0.5) is 13.2 Å². The largest absolute Gasteiger partial charge is 0.502 e. The molecule has 0 saturated heterocycles. The molecule has 0 spiro atoms. The maximum absolute atomic E-state index is 13.9. The lowest BCUT2D eigenvalue weighted by atomic mass is 9.94. The van der Waals surface area contributed by atoms with E-state index in [4.69, 9.17) is 9.47 Å². The van der Waals surface area contributed by atoms with Gasteiger partial charge in [0, 0.05) is 22.9 Å². The number of carbonyl (C=O) groups is 1. The van der Waals surface area contributed by atoms with Gasteiger partial charge in [0.15, 0.2) is 11.4 Å². The van der Waals surface area contributed by atoms with Gasteiger partial charge in [-0.1, -0.05) is 12.1 Å². The number of halogens is 3. The molecule has 0 fully saturated rings. The van der Waals surface area contributed by atoms with Crippen LogP contribution in [0.2, 0.25) is 0 Å². The summed E-state index contributed by atoms with van der Waals surface area (Å²) in [5.74, 6) is -0.222. The van der Waals surface area contributed by atoms with Gasteiger partial charge in [-0.2, -0.15) is 13.2 Å². The SMILES string of the molecule is COc1ccc2c(c1)CSc1cc(OC)ccc1C2N1CN([C@H](C)C(F)(F)F)C(=O)c2c(O)c(=O)ccn21. The number of carbonyl (C=O) groups excluding carboxylic acids is 1. The molecule has 1 aromatic heterocycles. The van der Waals surface area contributed by atoms with Crippen LogP contribution in [-0.2, 0) is 5.75 Å². The summed E-state index contributed by atoms with van der Waals surface area (Å²) in [5.41, 5.74) is 1.03. The summed E-state index contributed by atoms with van der Waals surface area (Å²) in [6.07, 6.45) is -3.43. The fourth-order valence-electron chi connectivity index (χ4n) is 4.77. The van der Waals surface area contributed by atoms with Crippen molar-refractivity contribution in [1.29, 1.82) is 0 Å². The zero-order valence-electron chi connectivity index (χ0n) is 20.7.